The summed E-state index contributed by atoms with van der Waals surface area (Å²) in [6, 6.07) is 3.92. The third-order valence-corrected chi connectivity index (χ3v) is 4.22. The summed E-state index contributed by atoms with van der Waals surface area (Å²) in [6.45, 7) is 3.30. The largest absolute Gasteiger partial charge is 0.469 e. The molecule has 0 aromatic rings. The van der Waals surface area contributed by atoms with E-state index in [4.69, 9.17) is 15.3 Å². The van der Waals surface area contributed by atoms with Gasteiger partial charge in [-0.1, -0.05) is 6.92 Å². The van der Waals surface area contributed by atoms with Crippen molar-refractivity contribution in [3.8, 4) is 12.1 Å². The summed E-state index contributed by atoms with van der Waals surface area (Å²) in [4.78, 5) is 24.2. The monoisotopic (exact) mass is 248 g/mol. The van der Waals surface area contributed by atoms with Crippen LogP contribution < -0.4 is 0 Å². The lowest BCUT2D eigenvalue weighted by Gasteiger charge is -2.36. The van der Waals surface area contributed by atoms with Gasteiger partial charge in [0, 0.05) is 11.8 Å². The number of ether oxygens (including phenoxy) is 1. The first-order chi connectivity index (χ1) is 8.37. The van der Waals surface area contributed by atoms with Crippen LogP contribution in [0.25, 0.3) is 0 Å². The van der Waals surface area contributed by atoms with Gasteiger partial charge in [0.25, 0.3) is 0 Å². The van der Waals surface area contributed by atoms with E-state index in [-0.39, 0.29) is 25.0 Å². The van der Waals surface area contributed by atoms with Gasteiger partial charge in [-0.2, -0.15) is 10.5 Å². The second-order valence-electron chi connectivity index (χ2n) is 5.06. The molecule has 1 aliphatic carbocycles. The Balaban J connectivity index is 3.24. The third-order valence-electron chi connectivity index (χ3n) is 4.22. The Labute approximate surface area is 106 Å². The molecule has 0 heterocycles. The predicted molar refractivity (Wildman–Crippen MR) is 61.8 cm³/mol. The first kappa shape index (κ1) is 14.2. The van der Waals surface area contributed by atoms with Gasteiger partial charge >= 0.3 is 5.97 Å². The van der Waals surface area contributed by atoms with Crippen molar-refractivity contribution in [3.05, 3.63) is 0 Å². The molecular weight excluding hydrogens is 232 g/mol. The molecule has 0 saturated heterocycles. The molecule has 1 rings (SSSR count). The van der Waals surface area contributed by atoms with E-state index in [1.807, 2.05) is 12.1 Å². The summed E-state index contributed by atoms with van der Waals surface area (Å²) in [6.07, 6.45) is 0.607. The SMILES string of the molecule is COC(=O)[C@@]1(C)C[C@H](C#N)C(=O)[C@]1(C)CCC#N. The quantitative estimate of drug-likeness (QED) is 0.707. The second kappa shape index (κ2) is 4.78. The van der Waals surface area contributed by atoms with Crippen LogP contribution in [0.15, 0.2) is 0 Å². The van der Waals surface area contributed by atoms with Gasteiger partial charge in [0.15, 0.2) is 5.78 Å². The van der Waals surface area contributed by atoms with E-state index in [1.54, 1.807) is 13.8 Å². The Morgan fingerprint density at radius 2 is 2.11 bits per heavy atom. The number of nitrogens with zero attached hydrogens (tertiary/aromatic N) is 2. The van der Waals surface area contributed by atoms with Crippen LogP contribution in [0, 0.1) is 39.4 Å². The molecule has 0 unspecified atom stereocenters. The molecule has 0 aromatic carbocycles. The fourth-order valence-electron chi connectivity index (χ4n) is 2.73. The van der Waals surface area contributed by atoms with Crippen LogP contribution in [0.2, 0.25) is 0 Å². The van der Waals surface area contributed by atoms with E-state index in [0.29, 0.717) is 0 Å². The summed E-state index contributed by atoms with van der Waals surface area (Å²) in [5.41, 5.74) is -2.04. The molecule has 96 valence electrons. The Hall–Kier alpha value is -1.88. The highest BCUT2D eigenvalue weighted by molar-refractivity contribution is 5.98. The van der Waals surface area contributed by atoms with Crippen molar-refractivity contribution < 1.29 is 14.3 Å². The number of hydrogen-bond donors (Lipinski definition) is 0. The van der Waals surface area contributed by atoms with Crippen molar-refractivity contribution >= 4 is 11.8 Å². The molecule has 18 heavy (non-hydrogen) atoms. The number of nitriles is 2. The molecular formula is C13H16N2O3. The van der Waals surface area contributed by atoms with Gasteiger partial charge < -0.3 is 4.74 Å². The first-order valence-electron chi connectivity index (χ1n) is 5.76. The Kier molecular flexibility index (Phi) is 3.76. The summed E-state index contributed by atoms with van der Waals surface area (Å²) in [5, 5.41) is 17.7. The minimum atomic E-state index is -1.03. The van der Waals surface area contributed by atoms with E-state index in [0.717, 1.165) is 0 Å². The molecule has 0 bridgehead atoms. The van der Waals surface area contributed by atoms with Gasteiger partial charge in [0.1, 0.15) is 5.92 Å². The minimum Gasteiger partial charge on any atom is -0.469 e. The summed E-state index contributed by atoms with van der Waals surface area (Å²) in [7, 11) is 1.27. The number of Topliss-reactive ketones (excluding diaryl/α,β-unsaturated/α-hetero) is 1. The molecule has 5 heteroatoms. The van der Waals surface area contributed by atoms with Crippen LogP contribution in [-0.2, 0) is 14.3 Å². The molecule has 0 aromatic heterocycles. The first-order valence-corrected chi connectivity index (χ1v) is 5.76. The average Bonchev–Trinajstić information content (AvgIpc) is 2.58. The number of carbonyl (C=O) groups is 2. The smallest absolute Gasteiger partial charge is 0.312 e. The molecule has 0 N–H and O–H groups in total. The average molecular weight is 248 g/mol. The Bertz CT molecular complexity index is 460. The van der Waals surface area contributed by atoms with E-state index >= 15 is 0 Å². The Morgan fingerprint density at radius 1 is 1.50 bits per heavy atom. The second-order valence-corrected chi connectivity index (χ2v) is 5.06. The van der Waals surface area contributed by atoms with Gasteiger partial charge in [0.05, 0.1) is 24.7 Å². The van der Waals surface area contributed by atoms with E-state index < -0.39 is 22.7 Å². The van der Waals surface area contributed by atoms with Crippen molar-refractivity contribution in [2.75, 3.05) is 7.11 Å². The number of carbonyl (C=O) groups excluding carboxylic acids is 2. The molecule has 1 aliphatic rings. The van der Waals surface area contributed by atoms with Crippen LogP contribution in [0.4, 0.5) is 0 Å². The number of ketones is 1. The standard InChI is InChI=1S/C13H16N2O3/c1-12(5-4-6-14)10(16)9(8-15)7-13(12,2)11(17)18-3/h9H,4-5,7H2,1-3H3/t9-,12+,13-/m1/s1. The van der Waals surface area contributed by atoms with Gasteiger partial charge in [0.2, 0.25) is 0 Å². The van der Waals surface area contributed by atoms with Crippen LogP contribution >= 0.6 is 0 Å². The number of rotatable bonds is 3. The minimum absolute atomic E-state index is 0.164. The van der Waals surface area contributed by atoms with Crippen molar-refractivity contribution in [2.45, 2.75) is 33.1 Å². The van der Waals surface area contributed by atoms with Crippen LogP contribution in [-0.4, -0.2) is 18.9 Å². The topological polar surface area (TPSA) is 90.9 Å². The van der Waals surface area contributed by atoms with Crippen LogP contribution in [0.1, 0.15) is 33.1 Å². The fourth-order valence-corrected chi connectivity index (χ4v) is 2.73. The lowest BCUT2D eigenvalue weighted by molar-refractivity contribution is -0.160. The molecule has 0 amide bonds. The zero-order chi connectivity index (χ0) is 14.0. The summed E-state index contributed by atoms with van der Waals surface area (Å²) >= 11 is 0. The molecule has 5 nitrogen and oxygen atoms in total. The highest BCUT2D eigenvalue weighted by Gasteiger charge is 2.63. The maximum atomic E-state index is 12.3. The molecule has 0 aliphatic heterocycles. The van der Waals surface area contributed by atoms with Gasteiger partial charge in [-0.25, -0.2) is 0 Å². The van der Waals surface area contributed by atoms with Gasteiger partial charge in [-0.15, -0.1) is 0 Å². The molecule has 1 saturated carbocycles. The zero-order valence-electron chi connectivity index (χ0n) is 10.8. The maximum absolute atomic E-state index is 12.3. The maximum Gasteiger partial charge on any atom is 0.312 e. The Morgan fingerprint density at radius 3 is 2.56 bits per heavy atom. The van der Waals surface area contributed by atoms with Crippen LogP contribution in [0.5, 0.6) is 0 Å². The molecule has 0 spiro atoms. The molecule has 1 fully saturated rings. The summed E-state index contributed by atoms with van der Waals surface area (Å²) in [5.74, 6) is -1.54. The number of esters is 1. The number of methoxy groups -OCH3 is 1. The van der Waals surface area contributed by atoms with Crippen molar-refractivity contribution in [3.63, 3.8) is 0 Å². The lowest BCUT2D eigenvalue weighted by Crippen LogP contribution is -2.43. The highest BCUT2D eigenvalue weighted by Crippen LogP contribution is 2.55. The van der Waals surface area contributed by atoms with Crippen molar-refractivity contribution in [1.82, 2.24) is 0 Å². The van der Waals surface area contributed by atoms with Crippen LogP contribution in [0.3, 0.4) is 0 Å². The zero-order valence-corrected chi connectivity index (χ0v) is 10.8. The van der Waals surface area contributed by atoms with Crippen molar-refractivity contribution in [2.24, 2.45) is 16.7 Å². The van der Waals surface area contributed by atoms with E-state index in [9.17, 15) is 9.59 Å². The summed E-state index contributed by atoms with van der Waals surface area (Å²) < 4.78 is 4.77. The van der Waals surface area contributed by atoms with Crippen molar-refractivity contribution in [1.29, 1.82) is 10.5 Å². The predicted octanol–water partition coefficient (Wildman–Crippen LogP) is 1.59. The van der Waals surface area contributed by atoms with Gasteiger partial charge in [-0.3, -0.25) is 9.59 Å². The molecule has 3 atom stereocenters. The van der Waals surface area contributed by atoms with E-state index in [1.165, 1.54) is 7.11 Å². The highest BCUT2D eigenvalue weighted by atomic mass is 16.5. The number of hydrogen-bond acceptors (Lipinski definition) is 5. The van der Waals surface area contributed by atoms with E-state index in [2.05, 4.69) is 0 Å². The third kappa shape index (κ3) is 1.76. The lowest BCUT2D eigenvalue weighted by atomic mass is 9.65. The van der Waals surface area contributed by atoms with Gasteiger partial charge in [-0.05, 0) is 19.8 Å². The normalized spacial score (nSPS) is 34.7. The fraction of sp³-hybridized carbons (Fsp3) is 0.692. The molecule has 0 radical (unpaired) electrons.